The third kappa shape index (κ3) is 5.73. The molecule has 0 aliphatic carbocycles. The molecule has 1 aliphatic heterocycles. The smallest absolute Gasteiger partial charge is 0.258 e. The highest BCUT2D eigenvalue weighted by Crippen LogP contribution is 2.09. The van der Waals surface area contributed by atoms with Crippen LogP contribution in [-0.2, 0) is 9.59 Å². The summed E-state index contributed by atoms with van der Waals surface area (Å²) < 4.78 is 5.34. The van der Waals surface area contributed by atoms with Crippen molar-refractivity contribution in [2.24, 2.45) is 0 Å². The number of hydrogen-bond acceptors (Lipinski definition) is 4. The number of benzene rings is 1. The molecule has 2 atom stereocenters. The fourth-order valence-corrected chi connectivity index (χ4v) is 2.40. The minimum absolute atomic E-state index is 0. The average molecular weight is 342 g/mol. The van der Waals surface area contributed by atoms with Crippen molar-refractivity contribution in [1.29, 1.82) is 0 Å². The molecule has 2 unspecified atom stereocenters. The van der Waals surface area contributed by atoms with Gasteiger partial charge in [0.25, 0.3) is 5.91 Å². The third-order valence-electron chi connectivity index (χ3n) is 3.90. The molecule has 7 heteroatoms. The number of nitrogens with zero attached hydrogens (tertiary/aromatic N) is 1. The predicted molar refractivity (Wildman–Crippen MR) is 90.8 cm³/mol. The van der Waals surface area contributed by atoms with E-state index in [1.54, 1.807) is 17.0 Å². The molecule has 0 spiro atoms. The normalized spacial score (nSPS) is 20.3. The number of para-hydroxylation sites is 1. The molecule has 2 N–H and O–H groups in total. The van der Waals surface area contributed by atoms with Crippen LogP contribution < -0.4 is 15.4 Å². The van der Waals surface area contributed by atoms with Crippen molar-refractivity contribution >= 4 is 24.2 Å². The van der Waals surface area contributed by atoms with Gasteiger partial charge in [-0.3, -0.25) is 9.59 Å². The summed E-state index contributed by atoms with van der Waals surface area (Å²) in [5, 5.41) is 5.93. The lowest BCUT2D eigenvalue weighted by atomic mass is 10.1. The van der Waals surface area contributed by atoms with Gasteiger partial charge in [0.15, 0.2) is 6.61 Å². The molecule has 2 rings (SSSR count). The van der Waals surface area contributed by atoms with Crippen LogP contribution in [0.3, 0.4) is 0 Å². The molecule has 0 bridgehead atoms. The van der Waals surface area contributed by atoms with Crippen molar-refractivity contribution in [2.45, 2.75) is 25.9 Å². The summed E-state index contributed by atoms with van der Waals surface area (Å²) in [6.45, 7) is 5.42. The van der Waals surface area contributed by atoms with Crippen molar-refractivity contribution in [2.75, 3.05) is 26.2 Å². The molecule has 6 nitrogen and oxygen atoms in total. The van der Waals surface area contributed by atoms with Crippen LogP contribution in [0.5, 0.6) is 5.75 Å². The molecule has 0 saturated carbocycles. The summed E-state index contributed by atoms with van der Waals surface area (Å²) in [7, 11) is 0. The highest BCUT2D eigenvalue weighted by Gasteiger charge is 2.27. The molecule has 1 saturated heterocycles. The number of carbonyl (C=O) groups excluding carboxylic acids is 2. The zero-order valence-corrected chi connectivity index (χ0v) is 14.3. The van der Waals surface area contributed by atoms with Crippen LogP contribution in [0, 0.1) is 0 Å². The summed E-state index contributed by atoms with van der Waals surface area (Å²) in [6, 6.07) is 9.49. The van der Waals surface area contributed by atoms with Crippen LogP contribution in [0.2, 0.25) is 0 Å². The number of halogens is 1. The number of amides is 2. The van der Waals surface area contributed by atoms with Crippen LogP contribution in [-0.4, -0.2) is 55.0 Å². The van der Waals surface area contributed by atoms with E-state index in [1.807, 2.05) is 25.1 Å². The molecule has 1 aliphatic rings. The fraction of sp³-hybridized carbons (Fsp3) is 0.500. The predicted octanol–water partition coefficient (Wildman–Crippen LogP) is 0.812. The Morgan fingerprint density at radius 1 is 1.30 bits per heavy atom. The molecule has 1 aromatic carbocycles. The molecule has 2 amide bonds. The van der Waals surface area contributed by atoms with Gasteiger partial charge in [-0.25, -0.2) is 0 Å². The van der Waals surface area contributed by atoms with E-state index in [-0.39, 0.29) is 49.5 Å². The highest BCUT2D eigenvalue weighted by molar-refractivity contribution is 5.86. The molecule has 0 radical (unpaired) electrons. The largest absolute Gasteiger partial charge is 0.484 e. The first-order valence-corrected chi connectivity index (χ1v) is 7.55. The first-order valence-electron chi connectivity index (χ1n) is 7.55. The van der Waals surface area contributed by atoms with E-state index >= 15 is 0 Å². The highest BCUT2D eigenvalue weighted by atomic mass is 35.5. The third-order valence-corrected chi connectivity index (χ3v) is 3.90. The maximum Gasteiger partial charge on any atom is 0.258 e. The fourth-order valence-electron chi connectivity index (χ4n) is 2.40. The van der Waals surface area contributed by atoms with Crippen molar-refractivity contribution < 1.29 is 14.3 Å². The Balaban J connectivity index is 0.00000264. The summed E-state index contributed by atoms with van der Waals surface area (Å²) in [5.41, 5.74) is 0. The zero-order chi connectivity index (χ0) is 15.9. The molecule has 128 valence electrons. The molecule has 1 heterocycles. The second-order valence-electron chi connectivity index (χ2n) is 5.45. The zero-order valence-electron chi connectivity index (χ0n) is 13.5. The van der Waals surface area contributed by atoms with Gasteiger partial charge in [-0.2, -0.15) is 0 Å². The maximum atomic E-state index is 12.2. The van der Waals surface area contributed by atoms with Crippen molar-refractivity contribution in [3.05, 3.63) is 30.3 Å². The van der Waals surface area contributed by atoms with Gasteiger partial charge >= 0.3 is 0 Å². The minimum Gasteiger partial charge on any atom is -0.484 e. The van der Waals surface area contributed by atoms with Crippen molar-refractivity contribution in [1.82, 2.24) is 15.5 Å². The van der Waals surface area contributed by atoms with E-state index in [2.05, 4.69) is 17.6 Å². The van der Waals surface area contributed by atoms with Gasteiger partial charge in [-0.15, -0.1) is 12.4 Å². The van der Waals surface area contributed by atoms with Gasteiger partial charge in [0, 0.05) is 25.2 Å². The number of piperazine rings is 1. The quantitative estimate of drug-likeness (QED) is 0.831. The number of hydrogen-bond donors (Lipinski definition) is 2. The molecule has 1 aromatic rings. The van der Waals surface area contributed by atoms with Crippen LogP contribution in [0.25, 0.3) is 0 Å². The maximum absolute atomic E-state index is 12.2. The molecular weight excluding hydrogens is 318 g/mol. The molecule has 23 heavy (non-hydrogen) atoms. The molecule has 0 aromatic heterocycles. The Hall–Kier alpha value is -1.79. The van der Waals surface area contributed by atoms with Gasteiger partial charge in [0.05, 0.1) is 6.54 Å². The lowest BCUT2D eigenvalue weighted by Crippen LogP contribution is -2.58. The molecule has 1 fully saturated rings. The lowest BCUT2D eigenvalue weighted by molar-refractivity contribution is -0.136. The van der Waals surface area contributed by atoms with Crippen LogP contribution >= 0.6 is 12.4 Å². The van der Waals surface area contributed by atoms with E-state index in [9.17, 15) is 9.59 Å². The molecular formula is C16H24ClN3O3. The summed E-state index contributed by atoms with van der Waals surface area (Å²) in [6.07, 6.45) is 0. The van der Waals surface area contributed by atoms with Gasteiger partial charge < -0.3 is 20.3 Å². The Labute approximate surface area is 143 Å². The van der Waals surface area contributed by atoms with Crippen molar-refractivity contribution in [3.63, 3.8) is 0 Å². The van der Waals surface area contributed by atoms with Crippen LogP contribution in [0.4, 0.5) is 0 Å². The second kappa shape index (κ2) is 9.37. The Bertz CT molecular complexity index is 513. The Morgan fingerprint density at radius 2 is 2.00 bits per heavy atom. The van der Waals surface area contributed by atoms with Gasteiger partial charge in [-0.1, -0.05) is 18.2 Å². The van der Waals surface area contributed by atoms with Crippen LogP contribution in [0.15, 0.2) is 30.3 Å². The summed E-state index contributed by atoms with van der Waals surface area (Å²) >= 11 is 0. The van der Waals surface area contributed by atoms with Gasteiger partial charge in [-0.05, 0) is 26.0 Å². The van der Waals surface area contributed by atoms with E-state index in [4.69, 9.17) is 4.74 Å². The van der Waals surface area contributed by atoms with Gasteiger partial charge in [0.2, 0.25) is 5.91 Å². The standard InChI is InChI=1S/C16H23N3O3.ClH/c1-12-13(2)19(9-8-17-12)16(21)10-18-15(20)11-22-14-6-4-3-5-7-14;/h3-7,12-13,17H,8-11H2,1-2H3,(H,18,20);1H. The number of carbonyl (C=O) groups is 2. The minimum atomic E-state index is -0.298. The van der Waals surface area contributed by atoms with E-state index in [0.29, 0.717) is 12.3 Å². The number of nitrogens with one attached hydrogen (secondary N) is 2. The van der Waals surface area contributed by atoms with Crippen molar-refractivity contribution in [3.8, 4) is 5.75 Å². The topological polar surface area (TPSA) is 70.7 Å². The number of rotatable bonds is 5. The monoisotopic (exact) mass is 341 g/mol. The lowest BCUT2D eigenvalue weighted by Gasteiger charge is -2.38. The number of ether oxygens (including phenoxy) is 1. The van der Waals surface area contributed by atoms with E-state index < -0.39 is 0 Å². The van der Waals surface area contributed by atoms with Gasteiger partial charge in [0.1, 0.15) is 5.75 Å². The summed E-state index contributed by atoms with van der Waals surface area (Å²) in [5.74, 6) is 0.274. The Morgan fingerprint density at radius 3 is 2.70 bits per heavy atom. The first-order chi connectivity index (χ1) is 10.6. The second-order valence-corrected chi connectivity index (χ2v) is 5.45. The first kappa shape index (κ1) is 19.3. The van der Waals surface area contributed by atoms with E-state index in [0.717, 1.165) is 6.54 Å². The SMILES string of the molecule is CC1NCCN(C(=O)CNC(=O)COc2ccccc2)C1C.Cl. The van der Waals surface area contributed by atoms with E-state index in [1.165, 1.54) is 0 Å². The summed E-state index contributed by atoms with van der Waals surface area (Å²) in [4.78, 5) is 25.7. The van der Waals surface area contributed by atoms with Crippen LogP contribution in [0.1, 0.15) is 13.8 Å². The Kier molecular flexibility index (Phi) is 7.85. The average Bonchev–Trinajstić information content (AvgIpc) is 2.54.